The van der Waals surface area contributed by atoms with Crippen LogP contribution < -0.4 is 4.74 Å². The van der Waals surface area contributed by atoms with Crippen LogP contribution in [0.25, 0.3) is 0 Å². The molecule has 1 aromatic heterocycles. The van der Waals surface area contributed by atoms with E-state index in [1.165, 1.54) is 11.8 Å². The van der Waals surface area contributed by atoms with E-state index in [-0.39, 0.29) is 5.78 Å². The third-order valence-electron chi connectivity index (χ3n) is 2.21. The molecule has 16 heavy (non-hydrogen) atoms. The molecule has 1 heterocycles. The molecule has 0 radical (unpaired) electrons. The van der Waals surface area contributed by atoms with Crippen LogP contribution in [0.15, 0.2) is 6.20 Å². The van der Waals surface area contributed by atoms with E-state index in [2.05, 4.69) is 5.10 Å². The summed E-state index contributed by atoms with van der Waals surface area (Å²) in [6.07, 6.45) is 2.86. The quantitative estimate of drug-likeness (QED) is 0.521. The predicted octanol–water partition coefficient (Wildman–Crippen LogP) is 1.43. The normalized spacial score (nSPS) is 10.4. The van der Waals surface area contributed by atoms with Crippen LogP contribution >= 0.6 is 0 Å². The first kappa shape index (κ1) is 12.7. The van der Waals surface area contributed by atoms with E-state index >= 15 is 0 Å². The maximum absolute atomic E-state index is 11.8. The maximum Gasteiger partial charge on any atom is 0.186 e. The molecule has 0 saturated carbocycles. The highest BCUT2D eigenvalue weighted by molar-refractivity contribution is 5.97. The second-order valence-corrected chi connectivity index (χ2v) is 3.47. The van der Waals surface area contributed by atoms with Gasteiger partial charge in [-0.3, -0.25) is 9.48 Å². The molecule has 5 heteroatoms. The van der Waals surface area contributed by atoms with Crippen LogP contribution in [0.4, 0.5) is 0 Å². The number of carbonyl (C=O) groups excluding carboxylic acids is 1. The van der Waals surface area contributed by atoms with Crippen molar-refractivity contribution in [2.75, 3.05) is 20.3 Å². The zero-order valence-electron chi connectivity index (χ0n) is 10.0. The molecule has 0 saturated heterocycles. The summed E-state index contributed by atoms with van der Waals surface area (Å²) < 4.78 is 11.9. The highest BCUT2D eigenvalue weighted by atomic mass is 16.5. The number of ketones is 1. The largest absolute Gasteiger partial charge is 0.493 e. The van der Waals surface area contributed by atoms with Crippen LogP contribution in [0, 0.1) is 0 Å². The van der Waals surface area contributed by atoms with Gasteiger partial charge in [0.15, 0.2) is 11.5 Å². The Labute approximate surface area is 95.3 Å². The van der Waals surface area contributed by atoms with Crippen molar-refractivity contribution in [1.82, 2.24) is 9.78 Å². The molecule has 0 aliphatic heterocycles. The van der Waals surface area contributed by atoms with Crippen LogP contribution in [0.2, 0.25) is 0 Å². The van der Waals surface area contributed by atoms with Gasteiger partial charge in [-0.1, -0.05) is 6.92 Å². The average molecular weight is 226 g/mol. The highest BCUT2D eigenvalue weighted by Crippen LogP contribution is 2.18. The van der Waals surface area contributed by atoms with Crippen LogP contribution in [-0.4, -0.2) is 35.9 Å². The first-order valence-electron chi connectivity index (χ1n) is 5.37. The van der Waals surface area contributed by atoms with E-state index in [1.54, 1.807) is 13.2 Å². The van der Waals surface area contributed by atoms with Gasteiger partial charge in [0, 0.05) is 20.1 Å². The van der Waals surface area contributed by atoms with Crippen molar-refractivity contribution in [3.05, 3.63) is 11.9 Å². The summed E-state index contributed by atoms with van der Waals surface area (Å²) in [6.45, 7) is 3.17. The molecule has 1 aromatic rings. The molecule has 1 rings (SSSR count). The molecule has 0 aromatic carbocycles. The second kappa shape index (κ2) is 6.27. The molecule has 0 aliphatic rings. The Morgan fingerprint density at radius 3 is 2.88 bits per heavy atom. The number of rotatable bonds is 7. The molecule has 0 bridgehead atoms. The lowest BCUT2D eigenvalue weighted by Gasteiger charge is -2.04. The van der Waals surface area contributed by atoms with Crippen LogP contribution in [0.3, 0.4) is 0 Å². The summed E-state index contributed by atoms with van der Waals surface area (Å²) in [4.78, 5) is 11.8. The molecular formula is C11H18N2O3. The zero-order valence-corrected chi connectivity index (χ0v) is 10.0. The van der Waals surface area contributed by atoms with Crippen molar-refractivity contribution in [3.63, 3.8) is 0 Å². The highest BCUT2D eigenvalue weighted by Gasteiger charge is 2.16. The molecule has 0 amide bonds. The van der Waals surface area contributed by atoms with Crippen molar-refractivity contribution in [2.24, 2.45) is 7.05 Å². The van der Waals surface area contributed by atoms with Crippen molar-refractivity contribution >= 4 is 5.78 Å². The fraction of sp³-hybridized carbons (Fsp3) is 0.636. The minimum absolute atomic E-state index is 0.00652. The van der Waals surface area contributed by atoms with Gasteiger partial charge in [-0.15, -0.1) is 0 Å². The first-order valence-corrected chi connectivity index (χ1v) is 5.37. The van der Waals surface area contributed by atoms with Crippen LogP contribution in [-0.2, 0) is 11.8 Å². The van der Waals surface area contributed by atoms with E-state index in [4.69, 9.17) is 9.47 Å². The molecule has 0 aliphatic carbocycles. The Morgan fingerprint density at radius 1 is 1.50 bits per heavy atom. The molecule has 0 fully saturated rings. The van der Waals surface area contributed by atoms with Gasteiger partial charge >= 0.3 is 0 Å². The van der Waals surface area contributed by atoms with Crippen molar-refractivity contribution in [1.29, 1.82) is 0 Å². The van der Waals surface area contributed by atoms with E-state index < -0.39 is 0 Å². The number of aryl methyl sites for hydroxylation is 1. The zero-order chi connectivity index (χ0) is 12.0. The molecule has 0 N–H and O–H groups in total. The average Bonchev–Trinajstić information content (AvgIpc) is 2.65. The molecular weight excluding hydrogens is 208 g/mol. The van der Waals surface area contributed by atoms with Crippen LogP contribution in [0.1, 0.15) is 30.3 Å². The van der Waals surface area contributed by atoms with Gasteiger partial charge in [0.1, 0.15) is 5.69 Å². The standard InChI is InChI=1S/C11H18N2O3/c1-4-6-16-7-5-9(14)11-10(15-3)8-12-13(11)2/h8H,4-7H2,1-3H3. The van der Waals surface area contributed by atoms with E-state index in [9.17, 15) is 4.79 Å². The van der Waals surface area contributed by atoms with Gasteiger partial charge in [0.2, 0.25) is 0 Å². The Morgan fingerprint density at radius 2 is 2.25 bits per heavy atom. The number of aromatic nitrogens is 2. The van der Waals surface area contributed by atoms with Gasteiger partial charge in [-0.25, -0.2) is 0 Å². The number of carbonyl (C=O) groups is 1. The summed E-state index contributed by atoms with van der Waals surface area (Å²) >= 11 is 0. The fourth-order valence-corrected chi connectivity index (χ4v) is 1.41. The van der Waals surface area contributed by atoms with Gasteiger partial charge < -0.3 is 9.47 Å². The lowest BCUT2D eigenvalue weighted by molar-refractivity contribution is 0.0867. The molecule has 0 spiro atoms. The number of nitrogens with zero attached hydrogens (tertiary/aromatic N) is 2. The molecule has 5 nitrogen and oxygen atoms in total. The molecule has 90 valence electrons. The van der Waals surface area contributed by atoms with Gasteiger partial charge in [-0.05, 0) is 6.42 Å². The monoisotopic (exact) mass is 226 g/mol. The fourth-order valence-electron chi connectivity index (χ4n) is 1.41. The predicted molar refractivity (Wildman–Crippen MR) is 59.8 cm³/mol. The maximum atomic E-state index is 11.8. The smallest absolute Gasteiger partial charge is 0.186 e. The van der Waals surface area contributed by atoms with Gasteiger partial charge in [-0.2, -0.15) is 5.10 Å². The number of methoxy groups -OCH3 is 1. The number of ether oxygens (including phenoxy) is 2. The minimum atomic E-state index is -0.00652. The Balaban J connectivity index is 2.55. The summed E-state index contributed by atoms with van der Waals surface area (Å²) in [7, 11) is 3.25. The first-order chi connectivity index (χ1) is 7.70. The lowest BCUT2D eigenvalue weighted by Crippen LogP contribution is -2.11. The van der Waals surface area contributed by atoms with Gasteiger partial charge in [0.05, 0.1) is 19.9 Å². The van der Waals surface area contributed by atoms with Crippen molar-refractivity contribution in [2.45, 2.75) is 19.8 Å². The Kier molecular flexibility index (Phi) is 4.98. The van der Waals surface area contributed by atoms with E-state index in [0.29, 0.717) is 31.1 Å². The van der Waals surface area contributed by atoms with Crippen LogP contribution in [0.5, 0.6) is 5.75 Å². The van der Waals surface area contributed by atoms with Crippen molar-refractivity contribution in [3.8, 4) is 5.75 Å². The van der Waals surface area contributed by atoms with E-state index in [1.807, 2.05) is 6.92 Å². The van der Waals surface area contributed by atoms with E-state index in [0.717, 1.165) is 6.42 Å². The Hall–Kier alpha value is -1.36. The topological polar surface area (TPSA) is 53.4 Å². The number of Topliss-reactive ketones (excluding diaryl/α,β-unsaturated/α-hetero) is 1. The Bertz CT molecular complexity index is 347. The summed E-state index contributed by atoms with van der Waals surface area (Å²) in [5, 5.41) is 3.98. The SMILES string of the molecule is CCCOCCC(=O)c1c(OC)cnn1C. The summed E-state index contributed by atoms with van der Waals surface area (Å²) in [5.41, 5.74) is 0.502. The number of hydrogen-bond acceptors (Lipinski definition) is 4. The van der Waals surface area contributed by atoms with Crippen molar-refractivity contribution < 1.29 is 14.3 Å². The summed E-state index contributed by atoms with van der Waals surface area (Å²) in [6, 6.07) is 0. The summed E-state index contributed by atoms with van der Waals surface area (Å²) in [5.74, 6) is 0.510. The minimum Gasteiger partial charge on any atom is -0.493 e. The lowest BCUT2D eigenvalue weighted by atomic mass is 10.2. The third-order valence-corrected chi connectivity index (χ3v) is 2.21. The third kappa shape index (κ3) is 3.06. The molecule has 0 atom stereocenters. The van der Waals surface area contributed by atoms with Gasteiger partial charge in [0.25, 0.3) is 0 Å². The molecule has 0 unspecified atom stereocenters. The second-order valence-electron chi connectivity index (χ2n) is 3.47. The number of hydrogen-bond donors (Lipinski definition) is 0.